The summed E-state index contributed by atoms with van der Waals surface area (Å²) in [4.78, 5) is 22.4. The van der Waals surface area contributed by atoms with Crippen molar-refractivity contribution in [3.05, 3.63) is 59.5 Å². The second-order valence-electron chi connectivity index (χ2n) is 4.59. The molecule has 0 radical (unpaired) electrons. The Hall–Kier alpha value is -2.41. The molecule has 116 valence electrons. The van der Waals surface area contributed by atoms with Crippen molar-refractivity contribution in [2.24, 2.45) is 0 Å². The van der Waals surface area contributed by atoms with Gasteiger partial charge in [-0.3, -0.25) is 9.00 Å². The lowest BCUT2D eigenvalue weighted by Gasteiger charge is -2.04. The van der Waals surface area contributed by atoms with Crippen molar-refractivity contribution in [1.82, 2.24) is 5.32 Å². The summed E-state index contributed by atoms with van der Waals surface area (Å²) in [7, 11) is -1.36. The van der Waals surface area contributed by atoms with Crippen LogP contribution < -0.4 is 5.32 Å². The first kappa shape index (κ1) is 16.0. The molecule has 0 fully saturated rings. The highest BCUT2D eigenvalue weighted by Crippen LogP contribution is 2.07. The fourth-order valence-electron chi connectivity index (χ4n) is 1.78. The Morgan fingerprint density at radius 3 is 2.50 bits per heavy atom. The zero-order valence-corrected chi connectivity index (χ0v) is 12.5. The third-order valence-electron chi connectivity index (χ3n) is 2.86. The Bertz CT molecular complexity index is 664. The van der Waals surface area contributed by atoms with Gasteiger partial charge in [0.2, 0.25) is 5.91 Å². The lowest BCUT2D eigenvalue weighted by molar-refractivity contribution is -0.118. The number of carboxylic acids is 1. The van der Waals surface area contributed by atoms with Crippen LogP contribution in [-0.4, -0.2) is 26.9 Å². The molecule has 0 spiro atoms. The van der Waals surface area contributed by atoms with Crippen LogP contribution in [0.5, 0.6) is 0 Å². The maximum absolute atomic E-state index is 11.9. The molecule has 1 heterocycles. The fraction of sp³-hybridized carbons (Fsp3) is 0.200. The van der Waals surface area contributed by atoms with E-state index in [-0.39, 0.29) is 29.5 Å². The molecule has 0 aliphatic rings. The number of hydrogen-bond donors (Lipinski definition) is 2. The number of rotatable bonds is 7. The number of nitrogens with one attached hydrogen (secondary N) is 1. The predicted molar refractivity (Wildman–Crippen MR) is 80.7 cm³/mol. The number of carboxylic acid groups (broad SMARTS) is 1. The molecule has 1 aromatic heterocycles. The summed E-state index contributed by atoms with van der Waals surface area (Å²) in [5.74, 6) is -0.611. The van der Waals surface area contributed by atoms with Crippen LogP contribution in [0, 0.1) is 0 Å². The first-order chi connectivity index (χ1) is 10.5. The van der Waals surface area contributed by atoms with E-state index in [4.69, 9.17) is 9.52 Å². The van der Waals surface area contributed by atoms with E-state index in [1.807, 2.05) is 0 Å². The number of benzene rings is 1. The van der Waals surface area contributed by atoms with Gasteiger partial charge >= 0.3 is 5.97 Å². The molecule has 2 N–H and O–H groups in total. The SMILES string of the molecule is O=C(CS(=O)Cc1ccc(C(=O)O)cc1)NCc1ccco1. The first-order valence-corrected chi connectivity index (χ1v) is 7.99. The van der Waals surface area contributed by atoms with Crippen LogP contribution >= 0.6 is 0 Å². The molecule has 2 aromatic rings. The second-order valence-corrected chi connectivity index (χ2v) is 6.04. The smallest absolute Gasteiger partial charge is 0.335 e. The van der Waals surface area contributed by atoms with E-state index in [0.29, 0.717) is 5.76 Å². The lowest BCUT2D eigenvalue weighted by atomic mass is 10.1. The maximum Gasteiger partial charge on any atom is 0.335 e. The lowest BCUT2D eigenvalue weighted by Crippen LogP contribution is -2.28. The molecule has 2 rings (SSSR count). The van der Waals surface area contributed by atoms with E-state index in [1.165, 1.54) is 18.4 Å². The minimum atomic E-state index is -1.36. The van der Waals surface area contributed by atoms with Gasteiger partial charge in [-0.15, -0.1) is 0 Å². The molecule has 0 aliphatic heterocycles. The zero-order valence-electron chi connectivity index (χ0n) is 11.7. The van der Waals surface area contributed by atoms with Crippen molar-refractivity contribution in [1.29, 1.82) is 0 Å². The molecule has 1 atom stereocenters. The number of furan rings is 1. The van der Waals surface area contributed by atoms with Gasteiger partial charge in [-0.25, -0.2) is 4.79 Å². The van der Waals surface area contributed by atoms with Crippen molar-refractivity contribution in [2.75, 3.05) is 5.75 Å². The van der Waals surface area contributed by atoms with Crippen molar-refractivity contribution in [3.8, 4) is 0 Å². The zero-order chi connectivity index (χ0) is 15.9. The summed E-state index contributed by atoms with van der Waals surface area (Å²) in [6, 6.07) is 9.56. The molecule has 7 heteroatoms. The molecule has 22 heavy (non-hydrogen) atoms. The van der Waals surface area contributed by atoms with Gasteiger partial charge in [0.25, 0.3) is 0 Å². The van der Waals surface area contributed by atoms with Crippen LogP contribution in [0.25, 0.3) is 0 Å². The van der Waals surface area contributed by atoms with E-state index in [9.17, 15) is 13.8 Å². The summed E-state index contributed by atoms with van der Waals surface area (Å²) < 4.78 is 17.0. The summed E-state index contributed by atoms with van der Waals surface area (Å²) >= 11 is 0. The van der Waals surface area contributed by atoms with Gasteiger partial charge in [-0.05, 0) is 29.8 Å². The fourth-order valence-corrected chi connectivity index (χ4v) is 2.84. The highest BCUT2D eigenvalue weighted by molar-refractivity contribution is 7.84. The van der Waals surface area contributed by atoms with Gasteiger partial charge in [0.15, 0.2) is 0 Å². The molecule has 0 saturated heterocycles. The first-order valence-electron chi connectivity index (χ1n) is 6.51. The molecule has 6 nitrogen and oxygen atoms in total. The Balaban J connectivity index is 1.79. The van der Waals surface area contributed by atoms with Gasteiger partial charge in [0.05, 0.1) is 18.4 Å². The van der Waals surface area contributed by atoms with Crippen molar-refractivity contribution >= 4 is 22.7 Å². The summed E-state index contributed by atoms with van der Waals surface area (Å²) in [5.41, 5.74) is 0.896. The normalized spacial score (nSPS) is 11.8. The molecule has 0 saturated carbocycles. The number of aromatic carboxylic acids is 1. The van der Waals surface area contributed by atoms with Gasteiger partial charge in [-0.1, -0.05) is 12.1 Å². The Labute approximate surface area is 129 Å². The van der Waals surface area contributed by atoms with Crippen LogP contribution in [0.2, 0.25) is 0 Å². The quantitative estimate of drug-likeness (QED) is 0.806. The number of carbonyl (C=O) groups excluding carboxylic acids is 1. The van der Waals surface area contributed by atoms with Gasteiger partial charge in [0.1, 0.15) is 11.5 Å². The standard InChI is InChI=1S/C15H15NO5S/c17-14(16-8-13-2-1-7-21-13)10-22(20)9-11-3-5-12(6-4-11)15(18)19/h1-7H,8-10H2,(H,16,17)(H,18,19). The largest absolute Gasteiger partial charge is 0.478 e. The van der Waals surface area contributed by atoms with Gasteiger partial charge < -0.3 is 14.8 Å². The summed E-state index contributed by atoms with van der Waals surface area (Å²) in [6.45, 7) is 0.260. The topological polar surface area (TPSA) is 96.6 Å². The average Bonchev–Trinajstić information content (AvgIpc) is 2.99. The van der Waals surface area contributed by atoms with Crippen molar-refractivity contribution in [3.63, 3.8) is 0 Å². The summed E-state index contributed by atoms with van der Waals surface area (Å²) in [5, 5.41) is 11.4. The third-order valence-corrected chi connectivity index (χ3v) is 4.10. The van der Waals surface area contributed by atoms with Crippen LogP contribution in [0.15, 0.2) is 47.1 Å². The minimum absolute atomic E-state index is 0.110. The molecule has 1 unspecified atom stereocenters. The van der Waals surface area contributed by atoms with E-state index in [0.717, 1.165) is 5.56 Å². The second kappa shape index (κ2) is 7.56. The number of carbonyl (C=O) groups is 2. The average molecular weight is 321 g/mol. The van der Waals surface area contributed by atoms with Crippen molar-refractivity contribution < 1.29 is 23.3 Å². The predicted octanol–water partition coefficient (Wildman–Crippen LogP) is 1.54. The minimum Gasteiger partial charge on any atom is -0.478 e. The highest BCUT2D eigenvalue weighted by atomic mass is 32.2. The molecular weight excluding hydrogens is 306 g/mol. The molecular formula is C15H15NO5S. The van der Waals surface area contributed by atoms with Crippen LogP contribution in [0.1, 0.15) is 21.7 Å². The monoisotopic (exact) mass is 321 g/mol. The van der Waals surface area contributed by atoms with E-state index in [1.54, 1.807) is 24.3 Å². The van der Waals surface area contributed by atoms with Gasteiger partial charge in [-0.2, -0.15) is 0 Å². The van der Waals surface area contributed by atoms with E-state index < -0.39 is 16.8 Å². The van der Waals surface area contributed by atoms with E-state index in [2.05, 4.69) is 5.32 Å². The highest BCUT2D eigenvalue weighted by Gasteiger charge is 2.10. The number of hydrogen-bond acceptors (Lipinski definition) is 4. The Morgan fingerprint density at radius 1 is 1.18 bits per heavy atom. The molecule has 0 bridgehead atoms. The number of amides is 1. The maximum atomic E-state index is 11.9. The molecule has 0 aliphatic carbocycles. The third kappa shape index (κ3) is 4.85. The van der Waals surface area contributed by atoms with Crippen LogP contribution in [0.4, 0.5) is 0 Å². The van der Waals surface area contributed by atoms with Gasteiger partial charge in [0, 0.05) is 16.6 Å². The molecule has 1 aromatic carbocycles. The molecule has 1 amide bonds. The Kier molecular flexibility index (Phi) is 5.48. The van der Waals surface area contributed by atoms with Crippen LogP contribution in [0.3, 0.4) is 0 Å². The summed E-state index contributed by atoms with van der Waals surface area (Å²) in [6.07, 6.45) is 1.51. The Morgan fingerprint density at radius 2 is 1.91 bits per heavy atom. The van der Waals surface area contributed by atoms with Crippen molar-refractivity contribution in [2.45, 2.75) is 12.3 Å². The van der Waals surface area contributed by atoms with E-state index >= 15 is 0 Å². The van der Waals surface area contributed by atoms with Crippen LogP contribution in [-0.2, 0) is 27.9 Å².